The standard InChI is InChI=1S/C12H22O2/c13-7-9-1-3-11-6-10(8-14)2-4-12(11)5-9/h9-14H,1-8H2/t9-,10?,11+,12?/m1/s1. The van der Waals surface area contributed by atoms with Gasteiger partial charge >= 0.3 is 0 Å². The fraction of sp³-hybridized carbons (Fsp3) is 1.00. The fourth-order valence-electron chi connectivity index (χ4n) is 3.42. The molecule has 2 unspecified atom stereocenters. The van der Waals surface area contributed by atoms with Crippen molar-refractivity contribution in [2.75, 3.05) is 13.2 Å². The van der Waals surface area contributed by atoms with E-state index in [4.69, 9.17) is 10.2 Å². The van der Waals surface area contributed by atoms with Crippen LogP contribution in [0.15, 0.2) is 0 Å². The molecular weight excluding hydrogens is 176 g/mol. The second kappa shape index (κ2) is 4.63. The molecule has 0 aromatic heterocycles. The lowest BCUT2D eigenvalue weighted by Gasteiger charge is -2.41. The average molecular weight is 198 g/mol. The van der Waals surface area contributed by atoms with Gasteiger partial charge < -0.3 is 10.2 Å². The molecule has 2 fully saturated rings. The van der Waals surface area contributed by atoms with Crippen LogP contribution in [0.25, 0.3) is 0 Å². The molecule has 0 heterocycles. The van der Waals surface area contributed by atoms with Gasteiger partial charge in [-0.1, -0.05) is 0 Å². The van der Waals surface area contributed by atoms with E-state index in [-0.39, 0.29) is 0 Å². The zero-order chi connectivity index (χ0) is 9.97. The lowest BCUT2D eigenvalue weighted by Crippen LogP contribution is -2.33. The zero-order valence-corrected chi connectivity index (χ0v) is 8.86. The van der Waals surface area contributed by atoms with Gasteiger partial charge in [-0.2, -0.15) is 0 Å². The maximum absolute atomic E-state index is 9.14. The molecule has 0 bridgehead atoms. The summed E-state index contributed by atoms with van der Waals surface area (Å²) in [4.78, 5) is 0. The van der Waals surface area contributed by atoms with Crippen molar-refractivity contribution in [1.82, 2.24) is 0 Å². The largest absolute Gasteiger partial charge is 0.396 e. The van der Waals surface area contributed by atoms with Gasteiger partial charge in [-0.05, 0) is 62.2 Å². The molecule has 2 nitrogen and oxygen atoms in total. The highest BCUT2D eigenvalue weighted by molar-refractivity contribution is 4.85. The normalized spacial score (nSPS) is 43.3. The Labute approximate surface area is 86.3 Å². The molecule has 2 rings (SSSR count). The molecule has 4 atom stereocenters. The van der Waals surface area contributed by atoms with Gasteiger partial charge in [0.2, 0.25) is 0 Å². The molecule has 2 aliphatic carbocycles. The van der Waals surface area contributed by atoms with Crippen molar-refractivity contribution < 1.29 is 10.2 Å². The molecule has 0 saturated heterocycles. The summed E-state index contributed by atoms with van der Waals surface area (Å²) in [6.07, 6.45) is 7.45. The summed E-state index contributed by atoms with van der Waals surface area (Å²) in [5, 5.41) is 18.3. The van der Waals surface area contributed by atoms with Crippen LogP contribution in [0.5, 0.6) is 0 Å². The van der Waals surface area contributed by atoms with Crippen LogP contribution >= 0.6 is 0 Å². The van der Waals surface area contributed by atoms with E-state index >= 15 is 0 Å². The minimum Gasteiger partial charge on any atom is -0.396 e. The van der Waals surface area contributed by atoms with Crippen LogP contribution in [0, 0.1) is 23.7 Å². The molecule has 2 N–H and O–H groups in total. The lowest BCUT2D eigenvalue weighted by molar-refractivity contribution is 0.0546. The number of aliphatic hydroxyl groups is 2. The first-order chi connectivity index (χ1) is 6.83. The van der Waals surface area contributed by atoms with Gasteiger partial charge in [0.05, 0.1) is 0 Å². The monoisotopic (exact) mass is 198 g/mol. The number of fused-ring (bicyclic) bond motifs is 1. The number of rotatable bonds is 2. The van der Waals surface area contributed by atoms with Gasteiger partial charge in [-0.3, -0.25) is 0 Å². The van der Waals surface area contributed by atoms with Crippen molar-refractivity contribution in [3.05, 3.63) is 0 Å². The first-order valence-corrected chi connectivity index (χ1v) is 6.05. The van der Waals surface area contributed by atoms with E-state index in [2.05, 4.69) is 0 Å². The molecule has 14 heavy (non-hydrogen) atoms. The Morgan fingerprint density at radius 2 is 1.14 bits per heavy atom. The molecule has 2 heteroatoms. The molecular formula is C12H22O2. The van der Waals surface area contributed by atoms with E-state index in [0.29, 0.717) is 25.0 Å². The minimum absolute atomic E-state index is 0.382. The Bertz CT molecular complexity index is 161. The van der Waals surface area contributed by atoms with E-state index in [1.165, 1.54) is 38.5 Å². The van der Waals surface area contributed by atoms with Crippen LogP contribution in [0.2, 0.25) is 0 Å². The van der Waals surface area contributed by atoms with Crippen molar-refractivity contribution in [1.29, 1.82) is 0 Å². The van der Waals surface area contributed by atoms with E-state index < -0.39 is 0 Å². The van der Waals surface area contributed by atoms with E-state index in [0.717, 1.165) is 11.8 Å². The van der Waals surface area contributed by atoms with E-state index in [1.54, 1.807) is 0 Å². The highest BCUT2D eigenvalue weighted by atomic mass is 16.3. The molecule has 0 aliphatic heterocycles. The Balaban J connectivity index is 1.88. The van der Waals surface area contributed by atoms with Gasteiger partial charge in [0.1, 0.15) is 0 Å². The second-order valence-corrected chi connectivity index (χ2v) is 5.24. The van der Waals surface area contributed by atoms with Crippen LogP contribution in [0.3, 0.4) is 0 Å². The molecule has 82 valence electrons. The van der Waals surface area contributed by atoms with E-state index in [9.17, 15) is 0 Å². The molecule has 2 saturated carbocycles. The average Bonchev–Trinajstić information content (AvgIpc) is 2.27. The maximum atomic E-state index is 9.14. The highest BCUT2D eigenvalue weighted by Crippen LogP contribution is 2.44. The molecule has 0 aromatic carbocycles. The summed E-state index contributed by atoms with van der Waals surface area (Å²) in [7, 11) is 0. The quantitative estimate of drug-likeness (QED) is 0.710. The molecule has 0 radical (unpaired) electrons. The van der Waals surface area contributed by atoms with Crippen molar-refractivity contribution in [2.45, 2.75) is 38.5 Å². The SMILES string of the molecule is OCC1CCC2C[C@H](CO)CC[C@H]2C1. The maximum Gasteiger partial charge on any atom is 0.0459 e. The zero-order valence-electron chi connectivity index (χ0n) is 8.86. The van der Waals surface area contributed by atoms with Crippen LogP contribution in [0.1, 0.15) is 38.5 Å². The van der Waals surface area contributed by atoms with Gasteiger partial charge in [-0.15, -0.1) is 0 Å². The van der Waals surface area contributed by atoms with E-state index in [1.807, 2.05) is 0 Å². The van der Waals surface area contributed by atoms with Crippen LogP contribution in [-0.2, 0) is 0 Å². The van der Waals surface area contributed by atoms with Crippen LogP contribution < -0.4 is 0 Å². The number of aliphatic hydroxyl groups excluding tert-OH is 2. The number of hydrogen-bond acceptors (Lipinski definition) is 2. The smallest absolute Gasteiger partial charge is 0.0459 e. The molecule has 2 aliphatic rings. The molecule has 0 spiro atoms. The van der Waals surface area contributed by atoms with Crippen LogP contribution in [-0.4, -0.2) is 23.4 Å². The van der Waals surface area contributed by atoms with Gasteiger partial charge in [-0.25, -0.2) is 0 Å². The summed E-state index contributed by atoms with van der Waals surface area (Å²) < 4.78 is 0. The van der Waals surface area contributed by atoms with Gasteiger partial charge in [0.25, 0.3) is 0 Å². The topological polar surface area (TPSA) is 40.5 Å². The molecule has 0 amide bonds. The highest BCUT2D eigenvalue weighted by Gasteiger charge is 2.34. The Morgan fingerprint density at radius 1 is 0.714 bits per heavy atom. The van der Waals surface area contributed by atoms with Crippen molar-refractivity contribution in [3.63, 3.8) is 0 Å². The minimum atomic E-state index is 0.382. The van der Waals surface area contributed by atoms with Gasteiger partial charge in [0.15, 0.2) is 0 Å². The Morgan fingerprint density at radius 3 is 1.50 bits per heavy atom. The predicted octanol–water partition coefficient (Wildman–Crippen LogP) is 1.80. The first-order valence-electron chi connectivity index (χ1n) is 6.05. The summed E-state index contributed by atoms with van der Waals surface area (Å²) >= 11 is 0. The summed E-state index contributed by atoms with van der Waals surface area (Å²) in [6, 6.07) is 0. The predicted molar refractivity (Wildman–Crippen MR) is 55.8 cm³/mol. The summed E-state index contributed by atoms with van der Waals surface area (Å²) in [6.45, 7) is 0.763. The lowest BCUT2D eigenvalue weighted by atomic mass is 9.65. The third-order valence-corrected chi connectivity index (χ3v) is 4.35. The third kappa shape index (κ3) is 2.12. The van der Waals surface area contributed by atoms with Gasteiger partial charge in [0, 0.05) is 13.2 Å². The van der Waals surface area contributed by atoms with Crippen molar-refractivity contribution in [2.24, 2.45) is 23.7 Å². The Hall–Kier alpha value is -0.0800. The molecule has 0 aromatic rings. The van der Waals surface area contributed by atoms with Crippen molar-refractivity contribution in [3.8, 4) is 0 Å². The second-order valence-electron chi connectivity index (χ2n) is 5.24. The Kier molecular flexibility index (Phi) is 3.45. The van der Waals surface area contributed by atoms with Crippen LogP contribution in [0.4, 0.5) is 0 Å². The number of hydrogen-bond donors (Lipinski definition) is 2. The summed E-state index contributed by atoms with van der Waals surface area (Å²) in [5.74, 6) is 2.84. The third-order valence-electron chi connectivity index (χ3n) is 4.35. The fourth-order valence-corrected chi connectivity index (χ4v) is 3.42. The first kappa shape index (κ1) is 10.4. The van der Waals surface area contributed by atoms with Crippen molar-refractivity contribution >= 4 is 0 Å². The summed E-state index contributed by atoms with van der Waals surface area (Å²) in [5.41, 5.74) is 0.